The Bertz CT molecular complexity index is 1160. The second-order valence-electron chi connectivity index (χ2n) is 9.12. The molecule has 8 heteroatoms. The molecular weight excluding hydrogens is 452 g/mol. The lowest BCUT2D eigenvalue weighted by Gasteiger charge is -2.27. The normalized spacial score (nSPS) is 19.5. The van der Waals surface area contributed by atoms with Crippen molar-refractivity contribution in [1.29, 1.82) is 0 Å². The van der Waals surface area contributed by atoms with Gasteiger partial charge in [-0.3, -0.25) is 14.2 Å². The molecule has 2 aromatic rings. The zero-order valence-electron chi connectivity index (χ0n) is 19.6. The summed E-state index contributed by atoms with van der Waals surface area (Å²) in [5.74, 6) is -0.783. The van der Waals surface area contributed by atoms with E-state index in [-0.39, 0.29) is 22.8 Å². The number of nitrogens with one attached hydrogen (secondary N) is 2. The van der Waals surface area contributed by atoms with Crippen LogP contribution in [0.4, 0.5) is 11.4 Å². The largest absolute Gasteiger partial charge is 0.481 e. The minimum atomic E-state index is -4.29. The lowest BCUT2D eigenvalue weighted by atomic mass is 9.80. The number of quaternary nitrogens is 1. The molecule has 0 saturated heterocycles. The average Bonchev–Trinajstić information content (AvgIpc) is 2.99. The Morgan fingerprint density at radius 1 is 1.09 bits per heavy atom. The molecule has 0 aliphatic carbocycles. The highest BCUT2D eigenvalue weighted by Gasteiger charge is 2.48. The van der Waals surface area contributed by atoms with Crippen LogP contribution in [0.15, 0.2) is 77.9 Å². The van der Waals surface area contributed by atoms with E-state index in [0.29, 0.717) is 6.42 Å². The van der Waals surface area contributed by atoms with Crippen LogP contribution in [0.3, 0.4) is 0 Å². The number of carbonyl (C=O) groups is 1. The Morgan fingerprint density at radius 3 is 2.50 bits per heavy atom. The van der Waals surface area contributed by atoms with E-state index in [1.54, 1.807) is 12.1 Å². The molecule has 2 aromatic carbocycles. The molecule has 2 unspecified atom stereocenters. The molecule has 1 aliphatic heterocycles. The second-order valence-corrected chi connectivity index (χ2v) is 10.5. The van der Waals surface area contributed by atoms with Gasteiger partial charge in [-0.15, -0.1) is 0 Å². The molecule has 7 nitrogen and oxygen atoms in total. The van der Waals surface area contributed by atoms with Crippen molar-refractivity contribution in [3.8, 4) is 0 Å². The number of rotatable bonds is 11. The first-order valence-corrected chi connectivity index (χ1v) is 12.9. The summed E-state index contributed by atoms with van der Waals surface area (Å²) in [4.78, 5) is 11.9. The van der Waals surface area contributed by atoms with Gasteiger partial charge in [0.15, 0.2) is 0 Å². The van der Waals surface area contributed by atoms with Gasteiger partial charge < -0.3 is 10.4 Å². The van der Waals surface area contributed by atoms with Gasteiger partial charge in [0.2, 0.25) is 0 Å². The standard InChI is InChI=1S/C26H32N2O5S/c1-26(2)22-19-21(34(31,32)33)15-16-23(22)28(18-10-4-7-14-25(29)30)24(26)13-8-9-17-27-20-11-5-3-6-12-20/h3,5-6,8-9,11-13,15-17,19,24,27H,4,7,10,14,18H2,1-2H3,(H,29,30)(H,31,32,33)/p+1/b13-8+,17-9+. The molecule has 2 atom stereocenters. The van der Waals surface area contributed by atoms with Crippen LogP contribution in [0.5, 0.6) is 0 Å². The highest BCUT2D eigenvalue weighted by atomic mass is 32.2. The van der Waals surface area contributed by atoms with Gasteiger partial charge in [-0.25, -0.2) is 0 Å². The number of benzene rings is 2. The van der Waals surface area contributed by atoms with Crippen molar-refractivity contribution in [2.45, 2.75) is 55.9 Å². The Morgan fingerprint density at radius 2 is 1.82 bits per heavy atom. The van der Waals surface area contributed by atoms with Crippen LogP contribution in [-0.2, 0) is 20.3 Å². The van der Waals surface area contributed by atoms with Gasteiger partial charge in [-0.2, -0.15) is 8.42 Å². The summed E-state index contributed by atoms with van der Waals surface area (Å²) in [6.07, 6.45) is 10.4. The molecule has 0 fully saturated rings. The van der Waals surface area contributed by atoms with Crippen molar-refractivity contribution >= 4 is 27.5 Å². The van der Waals surface area contributed by atoms with Gasteiger partial charge in [0.25, 0.3) is 10.1 Å². The Balaban J connectivity index is 1.80. The van der Waals surface area contributed by atoms with E-state index in [9.17, 15) is 17.8 Å². The summed E-state index contributed by atoms with van der Waals surface area (Å²) < 4.78 is 33.0. The van der Waals surface area contributed by atoms with E-state index in [4.69, 9.17) is 5.11 Å². The van der Waals surface area contributed by atoms with Crippen LogP contribution in [0.1, 0.15) is 45.1 Å². The SMILES string of the molecule is CC1(C)c2cc(S(=O)(=O)O)ccc2[NH+](CCCCCC(=O)O)C1/C=C/C=C/Nc1ccccc1. The number of para-hydroxylation sites is 1. The number of carboxylic acids is 1. The van der Waals surface area contributed by atoms with Crippen LogP contribution in [0, 0.1) is 0 Å². The Labute approximate surface area is 201 Å². The quantitative estimate of drug-likeness (QED) is 0.218. The maximum absolute atomic E-state index is 11.7. The fourth-order valence-corrected chi connectivity index (χ4v) is 5.10. The predicted octanol–water partition coefficient (Wildman–Crippen LogP) is 3.94. The smallest absolute Gasteiger partial charge is 0.303 e. The summed E-state index contributed by atoms with van der Waals surface area (Å²) in [6.45, 7) is 4.96. The molecule has 0 bridgehead atoms. The highest BCUT2D eigenvalue weighted by Crippen LogP contribution is 2.38. The van der Waals surface area contributed by atoms with Crippen molar-refractivity contribution in [3.63, 3.8) is 0 Å². The van der Waals surface area contributed by atoms with Crippen molar-refractivity contribution in [3.05, 3.63) is 78.5 Å². The number of anilines is 1. The zero-order chi connectivity index (χ0) is 24.8. The first kappa shape index (κ1) is 25.7. The maximum Gasteiger partial charge on any atom is 0.303 e. The highest BCUT2D eigenvalue weighted by molar-refractivity contribution is 7.85. The predicted molar refractivity (Wildman–Crippen MR) is 133 cm³/mol. The number of hydrogen-bond acceptors (Lipinski definition) is 4. The van der Waals surface area contributed by atoms with Crippen LogP contribution >= 0.6 is 0 Å². The van der Waals surface area contributed by atoms with Crippen LogP contribution in [0.2, 0.25) is 0 Å². The van der Waals surface area contributed by atoms with Crippen LogP contribution < -0.4 is 10.2 Å². The molecule has 182 valence electrons. The van der Waals surface area contributed by atoms with Gasteiger partial charge in [-0.05, 0) is 69.5 Å². The van der Waals surface area contributed by atoms with Crippen molar-refractivity contribution in [2.24, 2.45) is 0 Å². The van der Waals surface area contributed by atoms with Gasteiger partial charge in [0.1, 0.15) is 11.7 Å². The monoisotopic (exact) mass is 485 g/mol. The van der Waals surface area contributed by atoms with Crippen LogP contribution in [0.25, 0.3) is 0 Å². The average molecular weight is 486 g/mol. The second kappa shape index (κ2) is 11.0. The molecule has 0 saturated carbocycles. The minimum Gasteiger partial charge on any atom is -0.481 e. The minimum absolute atomic E-state index is 0.0417. The third-order valence-corrected chi connectivity index (χ3v) is 7.20. The van der Waals surface area contributed by atoms with Gasteiger partial charge in [0.05, 0.1) is 16.9 Å². The van der Waals surface area contributed by atoms with Crippen LogP contribution in [-0.4, -0.2) is 36.6 Å². The zero-order valence-corrected chi connectivity index (χ0v) is 20.4. The summed E-state index contributed by atoms with van der Waals surface area (Å²) in [7, 11) is -4.29. The third-order valence-electron chi connectivity index (χ3n) is 6.35. The molecule has 0 radical (unpaired) electrons. The summed E-state index contributed by atoms with van der Waals surface area (Å²) in [6, 6.07) is 14.7. The van der Waals surface area contributed by atoms with Gasteiger partial charge in [-0.1, -0.05) is 24.3 Å². The number of fused-ring (bicyclic) bond motifs is 1. The van der Waals surface area contributed by atoms with Gasteiger partial charge in [0, 0.05) is 29.9 Å². The fraction of sp³-hybridized carbons (Fsp3) is 0.346. The number of allylic oxidation sites excluding steroid dienone is 2. The van der Waals surface area contributed by atoms with E-state index in [1.807, 2.05) is 48.7 Å². The molecule has 1 heterocycles. The lowest BCUT2D eigenvalue weighted by molar-refractivity contribution is -0.850. The first-order chi connectivity index (χ1) is 16.1. The van der Waals surface area contributed by atoms with E-state index in [0.717, 1.165) is 36.3 Å². The molecule has 0 aromatic heterocycles. The molecule has 0 spiro atoms. The maximum atomic E-state index is 11.7. The number of unbranched alkanes of at least 4 members (excludes halogenated alkanes) is 2. The van der Waals surface area contributed by atoms with E-state index in [1.165, 1.54) is 11.0 Å². The number of hydrogen-bond donors (Lipinski definition) is 4. The van der Waals surface area contributed by atoms with E-state index < -0.39 is 16.1 Å². The molecule has 0 amide bonds. The summed E-state index contributed by atoms with van der Waals surface area (Å²) >= 11 is 0. The number of carboxylic acid groups (broad SMARTS) is 1. The van der Waals surface area contributed by atoms with E-state index >= 15 is 0 Å². The van der Waals surface area contributed by atoms with E-state index in [2.05, 4.69) is 25.2 Å². The molecular formula is C26H33N2O5S+. The number of aliphatic carboxylic acids is 1. The first-order valence-electron chi connectivity index (χ1n) is 11.5. The molecule has 4 N–H and O–H groups in total. The third kappa shape index (κ3) is 6.34. The van der Waals surface area contributed by atoms with Crippen molar-refractivity contribution in [2.75, 3.05) is 11.9 Å². The van der Waals surface area contributed by atoms with Gasteiger partial charge >= 0.3 is 5.97 Å². The van der Waals surface area contributed by atoms with Crippen molar-refractivity contribution in [1.82, 2.24) is 0 Å². The Hall–Kier alpha value is -2.94. The lowest BCUT2D eigenvalue weighted by Crippen LogP contribution is -3.10. The molecule has 1 aliphatic rings. The fourth-order valence-electron chi connectivity index (χ4n) is 4.59. The molecule has 3 rings (SSSR count). The summed E-state index contributed by atoms with van der Waals surface area (Å²) in [5.41, 5.74) is 2.52. The summed E-state index contributed by atoms with van der Waals surface area (Å²) in [5, 5.41) is 12.1. The van der Waals surface area contributed by atoms with Crippen molar-refractivity contribution < 1.29 is 27.8 Å². The molecule has 34 heavy (non-hydrogen) atoms. The topological polar surface area (TPSA) is 108 Å². The Kier molecular flexibility index (Phi) is 8.30.